The first kappa shape index (κ1) is 18.1. The van der Waals surface area contributed by atoms with Crippen molar-refractivity contribution in [2.45, 2.75) is 6.54 Å². The van der Waals surface area contributed by atoms with Gasteiger partial charge in [-0.15, -0.1) is 0 Å². The molecule has 2 aromatic carbocycles. The minimum atomic E-state index is -0.249. The second-order valence-electron chi connectivity index (χ2n) is 5.82. The van der Waals surface area contributed by atoms with Crippen LogP contribution in [0.2, 0.25) is 0 Å². The lowest BCUT2D eigenvalue weighted by molar-refractivity contribution is 0.0962. The smallest absolute Gasteiger partial charge is 0.251 e. The molecule has 138 valence electrons. The number of amides is 2. The van der Waals surface area contributed by atoms with E-state index < -0.39 is 0 Å². The van der Waals surface area contributed by atoms with Crippen LogP contribution >= 0.6 is 0 Å². The summed E-state index contributed by atoms with van der Waals surface area (Å²) in [7, 11) is 3.11. The Bertz CT molecular complexity index is 901. The van der Waals surface area contributed by atoms with Gasteiger partial charge in [-0.25, -0.2) is 9.67 Å². The van der Waals surface area contributed by atoms with Crippen molar-refractivity contribution < 1.29 is 9.59 Å². The first-order chi connectivity index (χ1) is 13.1. The molecule has 1 aromatic heterocycles. The summed E-state index contributed by atoms with van der Waals surface area (Å²) in [5, 5.41) is 12.5. The number of carbonyl (C=O) groups excluding carboxylic acids is 2. The SMILES string of the molecule is CNC(=O)c1cc(NCc2ccc(-n3cncn3)cc2)cc(C(=O)NC)c1. The summed E-state index contributed by atoms with van der Waals surface area (Å²) in [5.41, 5.74) is 3.49. The summed E-state index contributed by atoms with van der Waals surface area (Å²) in [6, 6.07) is 12.9. The van der Waals surface area contributed by atoms with Gasteiger partial charge in [0, 0.05) is 37.5 Å². The number of carbonyl (C=O) groups is 2. The number of anilines is 1. The summed E-state index contributed by atoms with van der Waals surface area (Å²) < 4.78 is 1.68. The molecule has 3 N–H and O–H groups in total. The highest BCUT2D eigenvalue weighted by atomic mass is 16.2. The van der Waals surface area contributed by atoms with Crippen LogP contribution in [0.4, 0.5) is 5.69 Å². The van der Waals surface area contributed by atoms with Gasteiger partial charge in [0.2, 0.25) is 0 Å². The van der Waals surface area contributed by atoms with Gasteiger partial charge in [0.1, 0.15) is 12.7 Å². The number of aromatic nitrogens is 3. The fraction of sp³-hybridized carbons (Fsp3) is 0.158. The van der Waals surface area contributed by atoms with Crippen LogP contribution in [0.3, 0.4) is 0 Å². The highest BCUT2D eigenvalue weighted by Crippen LogP contribution is 2.17. The van der Waals surface area contributed by atoms with Crippen molar-refractivity contribution in [2.24, 2.45) is 0 Å². The Morgan fingerprint density at radius 3 is 2.11 bits per heavy atom. The van der Waals surface area contributed by atoms with Gasteiger partial charge in [-0.3, -0.25) is 9.59 Å². The first-order valence-corrected chi connectivity index (χ1v) is 8.38. The Morgan fingerprint density at radius 2 is 1.59 bits per heavy atom. The Labute approximate surface area is 156 Å². The van der Waals surface area contributed by atoms with Crippen molar-refractivity contribution in [2.75, 3.05) is 19.4 Å². The monoisotopic (exact) mass is 364 g/mol. The maximum atomic E-state index is 12.0. The summed E-state index contributed by atoms with van der Waals surface area (Å²) >= 11 is 0. The van der Waals surface area contributed by atoms with Crippen LogP contribution < -0.4 is 16.0 Å². The van der Waals surface area contributed by atoms with Gasteiger partial charge in [0.25, 0.3) is 11.8 Å². The van der Waals surface area contributed by atoms with Gasteiger partial charge in [-0.05, 0) is 35.9 Å². The van der Waals surface area contributed by atoms with E-state index in [1.807, 2.05) is 24.3 Å². The molecule has 0 atom stereocenters. The molecule has 0 aliphatic carbocycles. The van der Waals surface area contributed by atoms with E-state index in [4.69, 9.17) is 0 Å². The minimum Gasteiger partial charge on any atom is -0.381 e. The molecule has 1 heterocycles. The molecule has 0 aliphatic heterocycles. The highest BCUT2D eigenvalue weighted by molar-refractivity contribution is 6.00. The van der Waals surface area contributed by atoms with E-state index in [1.54, 1.807) is 43.3 Å². The molecule has 0 aliphatic rings. The van der Waals surface area contributed by atoms with E-state index in [2.05, 4.69) is 26.0 Å². The van der Waals surface area contributed by atoms with Crippen molar-refractivity contribution in [3.05, 3.63) is 71.8 Å². The van der Waals surface area contributed by atoms with Gasteiger partial charge in [0.05, 0.1) is 5.69 Å². The molecule has 0 bridgehead atoms. The molecule has 2 amide bonds. The van der Waals surface area contributed by atoms with Crippen molar-refractivity contribution in [3.63, 3.8) is 0 Å². The number of hydrogen-bond acceptors (Lipinski definition) is 5. The second-order valence-corrected chi connectivity index (χ2v) is 5.82. The van der Waals surface area contributed by atoms with Crippen LogP contribution in [0.5, 0.6) is 0 Å². The van der Waals surface area contributed by atoms with Gasteiger partial charge in [-0.1, -0.05) is 12.1 Å². The topological polar surface area (TPSA) is 101 Å². The van der Waals surface area contributed by atoms with Gasteiger partial charge in [0.15, 0.2) is 0 Å². The zero-order chi connectivity index (χ0) is 19.2. The van der Waals surface area contributed by atoms with Crippen molar-refractivity contribution in [1.29, 1.82) is 0 Å². The molecule has 8 nitrogen and oxygen atoms in total. The molecule has 27 heavy (non-hydrogen) atoms. The van der Waals surface area contributed by atoms with Crippen LogP contribution in [0, 0.1) is 0 Å². The largest absolute Gasteiger partial charge is 0.381 e. The third-order valence-electron chi connectivity index (χ3n) is 4.03. The molecule has 3 rings (SSSR count). The lowest BCUT2D eigenvalue weighted by atomic mass is 10.1. The van der Waals surface area contributed by atoms with Gasteiger partial charge in [-0.2, -0.15) is 5.10 Å². The molecule has 0 unspecified atom stereocenters. The maximum Gasteiger partial charge on any atom is 0.251 e. The Hall–Kier alpha value is -3.68. The normalized spacial score (nSPS) is 10.3. The van der Waals surface area contributed by atoms with E-state index >= 15 is 0 Å². The fourth-order valence-electron chi connectivity index (χ4n) is 2.59. The zero-order valence-electron chi connectivity index (χ0n) is 15.1. The highest BCUT2D eigenvalue weighted by Gasteiger charge is 2.11. The quantitative estimate of drug-likeness (QED) is 0.617. The Balaban J connectivity index is 1.76. The number of hydrogen-bond donors (Lipinski definition) is 3. The molecule has 8 heteroatoms. The van der Waals surface area contributed by atoms with Crippen LogP contribution in [0.25, 0.3) is 5.69 Å². The number of nitrogens with zero attached hydrogens (tertiary/aromatic N) is 3. The lowest BCUT2D eigenvalue weighted by Gasteiger charge is -2.11. The standard InChI is InChI=1S/C19H20N6O2/c1-20-18(26)14-7-15(19(27)21-2)9-16(8-14)23-10-13-3-5-17(6-4-13)25-12-22-11-24-25/h3-9,11-12,23H,10H2,1-2H3,(H,20,26)(H,21,27). The Kier molecular flexibility index (Phi) is 5.46. The third kappa shape index (κ3) is 4.30. The molecular weight excluding hydrogens is 344 g/mol. The predicted molar refractivity (Wildman–Crippen MR) is 102 cm³/mol. The summed E-state index contributed by atoms with van der Waals surface area (Å²) in [6.45, 7) is 0.544. The summed E-state index contributed by atoms with van der Waals surface area (Å²) in [5.74, 6) is -0.498. The van der Waals surface area contributed by atoms with Gasteiger partial charge >= 0.3 is 0 Å². The average Bonchev–Trinajstić information content (AvgIpc) is 3.26. The van der Waals surface area contributed by atoms with Crippen molar-refractivity contribution in [1.82, 2.24) is 25.4 Å². The van der Waals surface area contributed by atoms with E-state index in [9.17, 15) is 9.59 Å². The van der Waals surface area contributed by atoms with Crippen LogP contribution in [0.15, 0.2) is 55.1 Å². The molecule has 3 aromatic rings. The summed E-state index contributed by atoms with van der Waals surface area (Å²) in [4.78, 5) is 27.9. The van der Waals surface area contributed by atoms with Crippen molar-refractivity contribution in [3.8, 4) is 5.69 Å². The number of nitrogens with one attached hydrogen (secondary N) is 3. The molecule has 0 radical (unpaired) electrons. The van der Waals surface area contributed by atoms with Gasteiger partial charge < -0.3 is 16.0 Å². The van der Waals surface area contributed by atoms with E-state index in [0.717, 1.165) is 11.3 Å². The maximum absolute atomic E-state index is 12.0. The molecule has 0 saturated carbocycles. The third-order valence-corrected chi connectivity index (χ3v) is 4.03. The fourth-order valence-corrected chi connectivity index (χ4v) is 2.59. The van der Waals surface area contributed by atoms with Crippen LogP contribution in [0.1, 0.15) is 26.3 Å². The Morgan fingerprint density at radius 1 is 0.963 bits per heavy atom. The molecule has 0 saturated heterocycles. The number of rotatable bonds is 6. The van der Waals surface area contributed by atoms with Crippen molar-refractivity contribution >= 4 is 17.5 Å². The molecule has 0 fully saturated rings. The van der Waals surface area contributed by atoms with Crippen LogP contribution in [-0.2, 0) is 6.54 Å². The molecular formula is C19H20N6O2. The van der Waals surface area contributed by atoms with E-state index in [-0.39, 0.29) is 11.8 Å². The minimum absolute atomic E-state index is 0.249. The number of benzene rings is 2. The van der Waals surface area contributed by atoms with E-state index in [1.165, 1.54) is 6.33 Å². The van der Waals surface area contributed by atoms with E-state index in [0.29, 0.717) is 23.4 Å². The zero-order valence-corrected chi connectivity index (χ0v) is 15.1. The first-order valence-electron chi connectivity index (χ1n) is 8.38. The predicted octanol–water partition coefficient (Wildman–Crippen LogP) is 1.60. The lowest BCUT2D eigenvalue weighted by Crippen LogP contribution is -2.21. The second kappa shape index (κ2) is 8.13. The summed E-state index contributed by atoms with van der Waals surface area (Å²) in [6.07, 6.45) is 3.12. The van der Waals surface area contributed by atoms with Crippen LogP contribution in [-0.4, -0.2) is 40.7 Å². The average molecular weight is 364 g/mol. The molecule has 0 spiro atoms.